The van der Waals surface area contributed by atoms with Gasteiger partial charge in [-0.1, -0.05) is 19.1 Å². The molecule has 0 spiro atoms. The van der Waals surface area contributed by atoms with Gasteiger partial charge in [0.15, 0.2) is 0 Å². The van der Waals surface area contributed by atoms with Gasteiger partial charge in [0.1, 0.15) is 5.82 Å². The van der Waals surface area contributed by atoms with Gasteiger partial charge in [-0.05, 0) is 49.9 Å². The Labute approximate surface area is 127 Å². The van der Waals surface area contributed by atoms with Crippen LogP contribution in [0.1, 0.15) is 37.8 Å². The molecular weight excluding hydrogens is 267 g/mol. The summed E-state index contributed by atoms with van der Waals surface area (Å²) >= 11 is 0. The van der Waals surface area contributed by atoms with E-state index in [2.05, 4.69) is 18.9 Å². The van der Waals surface area contributed by atoms with Crippen molar-refractivity contribution in [3.8, 4) is 0 Å². The van der Waals surface area contributed by atoms with E-state index in [-0.39, 0.29) is 17.9 Å². The van der Waals surface area contributed by atoms with E-state index in [1.165, 1.54) is 12.5 Å². The summed E-state index contributed by atoms with van der Waals surface area (Å²) in [5.41, 5.74) is 7.27. The number of ether oxygens (including phenoxy) is 1. The fourth-order valence-electron chi connectivity index (χ4n) is 3.21. The van der Waals surface area contributed by atoms with E-state index in [4.69, 9.17) is 10.5 Å². The Hall–Kier alpha value is -0.970. The number of halogens is 1. The molecule has 1 aromatic carbocycles. The van der Waals surface area contributed by atoms with Crippen LogP contribution in [0, 0.1) is 11.7 Å². The average Bonchev–Trinajstić information content (AvgIpc) is 2.48. The van der Waals surface area contributed by atoms with Crippen molar-refractivity contribution in [2.45, 2.75) is 38.3 Å². The van der Waals surface area contributed by atoms with Gasteiger partial charge in [-0.25, -0.2) is 4.39 Å². The van der Waals surface area contributed by atoms with Crippen molar-refractivity contribution >= 4 is 0 Å². The molecule has 2 rings (SSSR count). The first-order chi connectivity index (χ1) is 10.1. The van der Waals surface area contributed by atoms with E-state index >= 15 is 0 Å². The quantitative estimate of drug-likeness (QED) is 0.876. The molecule has 2 N–H and O–H groups in total. The van der Waals surface area contributed by atoms with Crippen molar-refractivity contribution in [2.24, 2.45) is 11.7 Å². The van der Waals surface area contributed by atoms with Crippen molar-refractivity contribution in [1.29, 1.82) is 0 Å². The molecule has 3 atom stereocenters. The molecule has 1 saturated heterocycles. The zero-order valence-electron chi connectivity index (χ0n) is 13.1. The third-order valence-electron chi connectivity index (χ3n) is 4.34. The van der Waals surface area contributed by atoms with Gasteiger partial charge in [-0.2, -0.15) is 0 Å². The third kappa shape index (κ3) is 4.50. The summed E-state index contributed by atoms with van der Waals surface area (Å²) in [5.74, 6) is 0.346. The molecule has 21 heavy (non-hydrogen) atoms. The number of rotatable bonds is 6. The summed E-state index contributed by atoms with van der Waals surface area (Å²) in [5, 5.41) is 0. The first-order valence-electron chi connectivity index (χ1n) is 7.90. The molecule has 0 amide bonds. The second-order valence-corrected chi connectivity index (χ2v) is 6.09. The minimum atomic E-state index is -0.199. The molecule has 0 saturated carbocycles. The lowest BCUT2D eigenvalue weighted by Gasteiger charge is -2.36. The van der Waals surface area contributed by atoms with Gasteiger partial charge in [-0.3, -0.25) is 4.90 Å². The van der Waals surface area contributed by atoms with Crippen molar-refractivity contribution in [1.82, 2.24) is 4.90 Å². The zero-order valence-corrected chi connectivity index (χ0v) is 13.1. The highest BCUT2D eigenvalue weighted by Crippen LogP contribution is 2.26. The number of hydrogen-bond acceptors (Lipinski definition) is 3. The van der Waals surface area contributed by atoms with Gasteiger partial charge in [0, 0.05) is 25.2 Å². The maximum absolute atomic E-state index is 13.5. The van der Waals surface area contributed by atoms with E-state index in [1.807, 2.05) is 6.07 Å². The van der Waals surface area contributed by atoms with Crippen molar-refractivity contribution in [3.05, 3.63) is 35.6 Å². The monoisotopic (exact) mass is 294 g/mol. The second kappa shape index (κ2) is 7.87. The number of nitrogens with two attached hydrogens (primary N) is 1. The van der Waals surface area contributed by atoms with Crippen LogP contribution in [0.2, 0.25) is 0 Å². The molecular formula is C17H27FN2O. The predicted octanol–water partition coefficient (Wildman–Crippen LogP) is 2.96. The van der Waals surface area contributed by atoms with Crippen LogP contribution in [0.15, 0.2) is 24.3 Å². The van der Waals surface area contributed by atoms with Gasteiger partial charge in [0.2, 0.25) is 0 Å². The maximum Gasteiger partial charge on any atom is 0.123 e. The van der Waals surface area contributed by atoms with Gasteiger partial charge in [0.25, 0.3) is 0 Å². The van der Waals surface area contributed by atoms with Gasteiger partial charge in [0.05, 0.1) is 6.61 Å². The highest BCUT2D eigenvalue weighted by Gasteiger charge is 2.26. The summed E-state index contributed by atoms with van der Waals surface area (Å²) in [6.45, 7) is 4.72. The Balaban J connectivity index is 2.11. The molecule has 0 bridgehead atoms. The molecule has 1 aliphatic rings. The van der Waals surface area contributed by atoms with Crippen LogP contribution in [0.3, 0.4) is 0 Å². The van der Waals surface area contributed by atoms with Crippen LogP contribution in [0.25, 0.3) is 0 Å². The van der Waals surface area contributed by atoms with Crippen LogP contribution in [0.4, 0.5) is 4.39 Å². The lowest BCUT2D eigenvalue weighted by Crippen LogP contribution is -2.42. The first kappa shape index (κ1) is 16.4. The smallest absolute Gasteiger partial charge is 0.123 e. The molecule has 3 nitrogen and oxygen atoms in total. The molecule has 3 unspecified atom stereocenters. The summed E-state index contributed by atoms with van der Waals surface area (Å²) in [4.78, 5) is 2.27. The Bertz CT molecular complexity index is 435. The molecule has 1 aromatic rings. The summed E-state index contributed by atoms with van der Waals surface area (Å²) in [7, 11) is 2.08. The van der Waals surface area contributed by atoms with E-state index < -0.39 is 0 Å². The van der Waals surface area contributed by atoms with Crippen LogP contribution in [0.5, 0.6) is 0 Å². The van der Waals surface area contributed by atoms with E-state index in [1.54, 1.807) is 12.1 Å². The van der Waals surface area contributed by atoms with Gasteiger partial charge in [-0.15, -0.1) is 0 Å². The lowest BCUT2D eigenvalue weighted by atomic mass is 9.94. The Kier molecular flexibility index (Phi) is 6.15. The van der Waals surface area contributed by atoms with E-state index in [0.717, 1.165) is 38.2 Å². The van der Waals surface area contributed by atoms with Crippen molar-refractivity contribution in [3.63, 3.8) is 0 Å². The van der Waals surface area contributed by atoms with Gasteiger partial charge < -0.3 is 10.5 Å². The number of benzene rings is 1. The summed E-state index contributed by atoms with van der Waals surface area (Å²) in [6, 6.07) is 6.87. The Morgan fingerprint density at radius 1 is 1.48 bits per heavy atom. The molecule has 4 heteroatoms. The molecule has 0 radical (unpaired) electrons. The van der Waals surface area contributed by atoms with Crippen LogP contribution < -0.4 is 5.73 Å². The standard InChI is InChI=1S/C17H27FN2O/c1-3-16(19)17(14-7-4-8-15(18)10-14)20(2)11-13-6-5-9-21-12-13/h4,7-8,10,13,16-17H,3,5-6,9,11-12,19H2,1-2H3. The van der Waals surface area contributed by atoms with Crippen LogP contribution >= 0.6 is 0 Å². The van der Waals surface area contributed by atoms with Crippen molar-refractivity contribution < 1.29 is 9.13 Å². The normalized spacial score (nSPS) is 22.2. The Morgan fingerprint density at radius 3 is 2.90 bits per heavy atom. The second-order valence-electron chi connectivity index (χ2n) is 6.09. The van der Waals surface area contributed by atoms with Crippen LogP contribution in [-0.2, 0) is 4.74 Å². The SMILES string of the molecule is CCC(N)C(c1cccc(F)c1)N(C)CC1CCCOC1. The summed E-state index contributed by atoms with van der Waals surface area (Å²) in [6.07, 6.45) is 3.19. The minimum absolute atomic E-state index is 0.00121. The fourth-order valence-corrected chi connectivity index (χ4v) is 3.21. The highest BCUT2D eigenvalue weighted by molar-refractivity contribution is 5.22. The molecule has 0 aliphatic carbocycles. The summed E-state index contributed by atoms with van der Waals surface area (Å²) < 4.78 is 19.1. The van der Waals surface area contributed by atoms with Crippen LogP contribution in [-0.4, -0.2) is 37.7 Å². The Morgan fingerprint density at radius 2 is 2.29 bits per heavy atom. The van der Waals surface area contributed by atoms with Gasteiger partial charge >= 0.3 is 0 Å². The predicted molar refractivity (Wildman–Crippen MR) is 83.6 cm³/mol. The number of likely N-dealkylation sites (N-methyl/N-ethyl adjacent to an activating group) is 1. The third-order valence-corrected chi connectivity index (χ3v) is 4.34. The zero-order chi connectivity index (χ0) is 15.2. The molecule has 1 heterocycles. The maximum atomic E-state index is 13.5. The molecule has 118 valence electrons. The lowest BCUT2D eigenvalue weighted by molar-refractivity contribution is 0.0338. The minimum Gasteiger partial charge on any atom is -0.381 e. The van der Waals surface area contributed by atoms with E-state index in [0.29, 0.717) is 5.92 Å². The fraction of sp³-hybridized carbons (Fsp3) is 0.647. The average molecular weight is 294 g/mol. The first-order valence-corrected chi connectivity index (χ1v) is 7.90. The number of nitrogens with zero attached hydrogens (tertiary/aromatic N) is 1. The van der Waals surface area contributed by atoms with E-state index in [9.17, 15) is 4.39 Å². The highest BCUT2D eigenvalue weighted by atomic mass is 19.1. The topological polar surface area (TPSA) is 38.5 Å². The molecule has 0 aromatic heterocycles. The molecule has 1 fully saturated rings. The largest absolute Gasteiger partial charge is 0.381 e. The van der Waals surface area contributed by atoms with Crippen molar-refractivity contribution in [2.75, 3.05) is 26.8 Å². The number of hydrogen-bond donors (Lipinski definition) is 1. The molecule has 1 aliphatic heterocycles.